The van der Waals surface area contributed by atoms with Crippen molar-refractivity contribution in [2.24, 2.45) is 0 Å². The van der Waals surface area contributed by atoms with E-state index in [1.165, 1.54) is 31.3 Å². The van der Waals surface area contributed by atoms with Gasteiger partial charge in [0.05, 0.1) is 22.4 Å². The topological polar surface area (TPSA) is 109 Å². The molecule has 0 atom stereocenters. The zero-order chi connectivity index (χ0) is 14.9. The highest BCUT2D eigenvalue weighted by molar-refractivity contribution is 7.91. The first-order valence-electron chi connectivity index (χ1n) is 5.69. The van der Waals surface area contributed by atoms with Crippen molar-refractivity contribution in [2.45, 2.75) is 11.8 Å². The van der Waals surface area contributed by atoms with Crippen LogP contribution in [0.15, 0.2) is 35.5 Å². The van der Waals surface area contributed by atoms with Gasteiger partial charge in [-0.3, -0.25) is 0 Å². The lowest BCUT2D eigenvalue weighted by Crippen LogP contribution is -2.05. The lowest BCUT2D eigenvalue weighted by Gasteiger charge is -2.07. The second-order valence-electron chi connectivity index (χ2n) is 4.03. The van der Waals surface area contributed by atoms with Crippen LogP contribution in [0.5, 0.6) is 5.75 Å². The maximum absolute atomic E-state index is 11.8. The summed E-state index contributed by atoms with van der Waals surface area (Å²) in [5.74, 6) is -1.43. The third-order valence-corrected chi connectivity index (χ3v) is 4.49. The Labute approximate surface area is 115 Å². The number of hydrogen-bond acceptors (Lipinski definition) is 5. The molecule has 0 aliphatic carbocycles. The van der Waals surface area contributed by atoms with Gasteiger partial charge in [0.1, 0.15) is 11.4 Å². The molecule has 1 heterocycles. The Balaban J connectivity index is 2.56. The standard InChI is InChI=1S/C12H12N2O5S/c1-2-20(18,19)9-3-4-11(15)10(5-9)14-7-8(6-13-14)12(16)17/h3-7,15H,2H2,1H3,(H,16,17). The molecule has 2 N–H and O–H groups in total. The summed E-state index contributed by atoms with van der Waals surface area (Å²) in [5, 5.41) is 22.4. The zero-order valence-corrected chi connectivity index (χ0v) is 11.3. The fourth-order valence-corrected chi connectivity index (χ4v) is 2.51. The summed E-state index contributed by atoms with van der Waals surface area (Å²) in [7, 11) is -3.42. The first kappa shape index (κ1) is 14.1. The number of phenols is 1. The van der Waals surface area contributed by atoms with Gasteiger partial charge in [-0.05, 0) is 18.2 Å². The van der Waals surface area contributed by atoms with E-state index in [0.717, 1.165) is 10.9 Å². The monoisotopic (exact) mass is 296 g/mol. The van der Waals surface area contributed by atoms with Crippen molar-refractivity contribution < 1.29 is 23.4 Å². The number of nitrogens with zero attached hydrogens (tertiary/aromatic N) is 2. The lowest BCUT2D eigenvalue weighted by atomic mass is 10.3. The van der Waals surface area contributed by atoms with Crippen molar-refractivity contribution in [3.8, 4) is 11.4 Å². The van der Waals surface area contributed by atoms with Gasteiger partial charge in [-0.15, -0.1) is 0 Å². The van der Waals surface area contributed by atoms with Gasteiger partial charge >= 0.3 is 5.97 Å². The van der Waals surface area contributed by atoms with Crippen molar-refractivity contribution in [2.75, 3.05) is 5.75 Å². The summed E-state index contributed by atoms with van der Waals surface area (Å²) < 4.78 is 24.7. The molecule has 1 aromatic carbocycles. The molecule has 0 bridgehead atoms. The molecule has 0 spiro atoms. The van der Waals surface area contributed by atoms with Crippen LogP contribution in [0.25, 0.3) is 5.69 Å². The minimum absolute atomic E-state index is 0.0418. The van der Waals surface area contributed by atoms with Crippen molar-refractivity contribution in [1.29, 1.82) is 0 Å². The highest BCUT2D eigenvalue weighted by Crippen LogP contribution is 2.25. The molecule has 0 radical (unpaired) electrons. The molecule has 0 aliphatic rings. The molecule has 8 heteroatoms. The van der Waals surface area contributed by atoms with Crippen LogP contribution in [0.1, 0.15) is 17.3 Å². The number of carbonyl (C=O) groups is 1. The van der Waals surface area contributed by atoms with Crippen molar-refractivity contribution in [3.63, 3.8) is 0 Å². The smallest absolute Gasteiger partial charge is 0.338 e. The average molecular weight is 296 g/mol. The number of rotatable bonds is 4. The molecule has 0 saturated heterocycles. The Morgan fingerprint density at radius 1 is 1.40 bits per heavy atom. The Morgan fingerprint density at radius 2 is 2.10 bits per heavy atom. The normalized spacial score (nSPS) is 11.4. The number of carboxylic acid groups (broad SMARTS) is 1. The second-order valence-corrected chi connectivity index (χ2v) is 6.31. The number of aromatic hydroxyl groups is 1. The lowest BCUT2D eigenvalue weighted by molar-refractivity contribution is 0.0697. The minimum Gasteiger partial charge on any atom is -0.506 e. The number of phenolic OH excluding ortho intramolecular Hbond substituents is 1. The molecule has 7 nitrogen and oxygen atoms in total. The summed E-state index contributed by atoms with van der Waals surface area (Å²) in [6.07, 6.45) is 2.31. The molecule has 106 valence electrons. The highest BCUT2D eigenvalue weighted by Gasteiger charge is 2.16. The van der Waals surface area contributed by atoms with Gasteiger partial charge in [0.2, 0.25) is 0 Å². The quantitative estimate of drug-likeness (QED) is 0.873. The molecule has 0 aliphatic heterocycles. The van der Waals surface area contributed by atoms with Gasteiger partial charge in [0.15, 0.2) is 9.84 Å². The van der Waals surface area contributed by atoms with Crippen molar-refractivity contribution >= 4 is 15.8 Å². The highest BCUT2D eigenvalue weighted by atomic mass is 32.2. The second kappa shape index (κ2) is 4.97. The van der Waals surface area contributed by atoms with E-state index in [-0.39, 0.29) is 27.6 Å². The first-order valence-corrected chi connectivity index (χ1v) is 7.34. The van der Waals surface area contributed by atoms with Crippen LogP contribution in [0.2, 0.25) is 0 Å². The van der Waals surface area contributed by atoms with Gasteiger partial charge in [-0.1, -0.05) is 6.92 Å². The van der Waals surface area contributed by atoms with Gasteiger partial charge in [-0.25, -0.2) is 17.9 Å². The van der Waals surface area contributed by atoms with Gasteiger partial charge in [0.25, 0.3) is 0 Å². The molecule has 0 saturated carbocycles. The van der Waals surface area contributed by atoms with Crippen LogP contribution >= 0.6 is 0 Å². The number of aromatic nitrogens is 2. The summed E-state index contributed by atoms with van der Waals surface area (Å²) in [4.78, 5) is 10.8. The number of aromatic carboxylic acids is 1. The van der Waals surface area contributed by atoms with Crippen molar-refractivity contribution in [1.82, 2.24) is 9.78 Å². The Kier molecular flexibility index (Phi) is 3.49. The summed E-state index contributed by atoms with van der Waals surface area (Å²) in [5.41, 5.74) is 0.0418. The third kappa shape index (κ3) is 2.50. The molecule has 0 unspecified atom stereocenters. The van der Waals surface area contributed by atoms with E-state index < -0.39 is 15.8 Å². The van der Waals surface area contributed by atoms with E-state index in [1.807, 2.05) is 0 Å². The molecule has 0 amide bonds. The van der Waals surface area contributed by atoms with Gasteiger partial charge in [0, 0.05) is 6.20 Å². The van der Waals surface area contributed by atoms with E-state index >= 15 is 0 Å². The predicted octanol–water partition coefficient (Wildman–Crippen LogP) is 1.07. The maximum atomic E-state index is 11.8. The van der Waals surface area contributed by atoms with E-state index in [4.69, 9.17) is 5.11 Å². The molecule has 1 aromatic heterocycles. The van der Waals surface area contributed by atoms with E-state index in [9.17, 15) is 18.3 Å². The van der Waals surface area contributed by atoms with Crippen molar-refractivity contribution in [3.05, 3.63) is 36.2 Å². The molecule has 20 heavy (non-hydrogen) atoms. The SMILES string of the molecule is CCS(=O)(=O)c1ccc(O)c(-n2cc(C(=O)O)cn2)c1. The number of benzene rings is 1. The number of carboxylic acids is 1. The van der Waals surface area contributed by atoms with Crippen LogP contribution in [0.4, 0.5) is 0 Å². The third-order valence-electron chi connectivity index (χ3n) is 2.76. The summed E-state index contributed by atoms with van der Waals surface area (Å²) >= 11 is 0. The molecular formula is C12H12N2O5S. The fourth-order valence-electron chi connectivity index (χ4n) is 1.61. The Hall–Kier alpha value is -2.35. The molecule has 2 rings (SSSR count). The molecule has 2 aromatic rings. The van der Waals surface area contributed by atoms with Crippen LogP contribution in [-0.4, -0.2) is 40.1 Å². The molecular weight excluding hydrogens is 284 g/mol. The van der Waals surface area contributed by atoms with Crippen LogP contribution in [0, 0.1) is 0 Å². The van der Waals surface area contributed by atoms with E-state index in [0.29, 0.717) is 0 Å². The number of sulfone groups is 1. The fraction of sp³-hybridized carbons (Fsp3) is 0.167. The van der Waals surface area contributed by atoms with Gasteiger partial charge < -0.3 is 10.2 Å². The Bertz CT molecular complexity index is 764. The average Bonchev–Trinajstić information content (AvgIpc) is 2.88. The predicted molar refractivity (Wildman–Crippen MR) is 69.9 cm³/mol. The largest absolute Gasteiger partial charge is 0.506 e. The minimum atomic E-state index is -3.42. The zero-order valence-electron chi connectivity index (χ0n) is 10.5. The maximum Gasteiger partial charge on any atom is 0.338 e. The van der Waals surface area contributed by atoms with E-state index in [2.05, 4.69) is 5.10 Å². The first-order chi connectivity index (χ1) is 9.35. The van der Waals surface area contributed by atoms with Crippen LogP contribution in [-0.2, 0) is 9.84 Å². The molecule has 0 fully saturated rings. The van der Waals surface area contributed by atoms with Gasteiger partial charge in [-0.2, -0.15) is 5.10 Å². The van der Waals surface area contributed by atoms with Crippen LogP contribution in [0.3, 0.4) is 0 Å². The van der Waals surface area contributed by atoms with E-state index in [1.54, 1.807) is 0 Å². The number of hydrogen-bond donors (Lipinski definition) is 2. The Morgan fingerprint density at radius 3 is 2.65 bits per heavy atom. The summed E-state index contributed by atoms with van der Waals surface area (Å²) in [6, 6.07) is 3.78. The summed E-state index contributed by atoms with van der Waals surface area (Å²) in [6.45, 7) is 1.51. The van der Waals surface area contributed by atoms with Crippen LogP contribution < -0.4 is 0 Å².